The second kappa shape index (κ2) is 8.93. The van der Waals surface area contributed by atoms with Gasteiger partial charge in [0, 0.05) is 59.6 Å². The molecule has 1 saturated heterocycles. The SMILES string of the molecule is CC(O)(CN1CCCN(C2CCCCC2)S1)Cn1c2ccc(F)cc2c2cc(F)ccc21. The van der Waals surface area contributed by atoms with Crippen LogP contribution in [0.25, 0.3) is 21.8 Å². The number of hydrogen-bond acceptors (Lipinski definition) is 4. The molecule has 0 amide bonds. The van der Waals surface area contributed by atoms with Gasteiger partial charge in [-0.3, -0.25) is 0 Å². The van der Waals surface area contributed by atoms with Crippen LogP contribution in [0.5, 0.6) is 0 Å². The minimum Gasteiger partial charge on any atom is -0.387 e. The summed E-state index contributed by atoms with van der Waals surface area (Å²) >= 11 is 1.79. The van der Waals surface area contributed by atoms with Crippen LogP contribution in [0, 0.1) is 11.6 Å². The van der Waals surface area contributed by atoms with E-state index in [2.05, 4.69) is 8.61 Å². The van der Waals surface area contributed by atoms with E-state index in [1.54, 1.807) is 24.3 Å². The lowest BCUT2D eigenvalue weighted by Crippen LogP contribution is -2.47. The molecule has 2 aliphatic rings. The van der Waals surface area contributed by atoms with E-state index in [4.69, 9.17) is 0 Å². The molecule has 32 heavy (non-hydrogen) atoms. The zero-order chi connectivity index (χ0) is 22.3. The van der Waals surface area contributed by atoms with Crippen molar-refractivity contribution in [2.45, 2.75) is 63.6 Å². The molecule has 1 N–H and O–H groups in total. The van der Waals surface area contributed by atoms with Gasteiger partial charge in [-0.15, -0.1) is 0 Å². The first-order valence-electron chi connectivity index (χ1n) is 11.7. The normalized spacial score (nSPS) is 21.4. The van der Waals surface area contributed by atoms with E-state index < -0.39 is 5.60 Å². The molecule has 1 aliphatic heterocycles. The summed E-state index contributed by atoms with van der Waals surface area (Å²) < 4.78 is 34.7. The topological polar surface area (TPSA) is 31.6 Å². The molecule has 1 unspecified atom stereocenters. The van der Waals surface area contributed by atoms with Gasteiger partial charge in [-0.2, -0.15) is 0 Å². The first kappa shape index (κ1) is 22.1. The number of halogens is 2. The molecule has 4 nitrogen and oxygen atoms in total. The summed E-state index contributed by atoms with van der Waals surface area (Å²) in [5.74, 6) is -0.694. The van der Waals surface area contributed by atoms with Crippen molar-refractivity contribution in [1.82, 2.24) is 13.2 Å². The maximum Gasteiger partial charge on any atom is 0.123 e. The number of β-amino-alcohol motifs (C(OH)–C–C–N with tert-alkyl or cyclic N) is 1. The largest absolute Gasteiger partial charge is 0.387 e. The fourth-order valence-electron chi connectivity index (χ4n) is 5.35. The van der Waals surface area contributed by atoms with Crippen LogP contribution in [0.3, 0.4) is 0 Å². The molecule has 1 atom stereocenters. The van der Waals surface area contributed by atoms with Gasteiger partial charge in [0.15, 0.2) is 0 Å². The third kappa shape index (κ3) is 4.53. The third-order valence-corrected chi connectivity index (χ3v) is 8.03. The van der Waals surface area contributed by atoms with Crippen molar-refractivity contribution in [3.63, 3.8) is 0 Å². The van der Waals surface area contributed by atoms with Gasteiger partial charge in [0.25, 0.3) is 0 Å². The summed E-state index contributed by atoms with van der Waals surface area (Å²) in [5, 5.41) is 12.8. The van der Waals surface area contributed by atoms with Gasteiger partial charge in [-0.25, -0.2) is 17.4 Å². The first-order valence-corrected chi connectivity index (χ1v) is 12.4. The quantitative estimate of drug-likeness (QED) is 0.494. The molecule has 1 aromatic heterocycles. The van der Waals surface area contributed by atoms with Crippen molar-refractivity contribution in [1.29, 1.82) is 0 Å². The van der Waals surface area contributed by atoms with Crippen molar-refractivity contribution in [2.24, 2.45) is 0 Å². The van der Waals surface area contributed by atoms with Crippen LogP contribution < -0.4 is 0 Å². The van der Waals surface area contributed by atoms with Crippen LogP contribution in [0.4, 0.5) is 8.78 Å². The van der Waals surface area contributed by atoms with Crippen LogP contribution in [-0.4, -0.2) is 49.6 Å². The van der Waals surface area contributed by atoms with Gasteiger partial charge in [0.2, 0.25) is 0 Å². The highest BCUT2D eigenvalue weighted by Crippen LogP contribution is 2.35. The summed E-state index contributed by atoms with van der Waals surface area (Å²) in [4.78, 5) is 0. The van der Waals surface area contributed by atoms with Crippen molar-refractivity contribution < 1.29 is 13.9 Å². The summed E-state index contributed by atoms with van der Waals surface area (Å²) in [6.45, 7) is 4.80. The van der Waals surface area contributed by atoms with Crippen LogP contribution in [0.2, 0.25) is 0 Å². The molecule has 5 rings (SSSR count). The predicted molar refractivity (Wildman–Crippen MR) is 127 cm³/mol. The molecular weight excluding hydrogens is 428 g/mol. The Bertz CT molecular complexity index is 1050. The minimum atomic E-state index is -0.996. The Morgan fingerprint density at radius 1 is 0.906 bits per heavy atom. The Morgan fingerprint density at radius 3 is 2.16 bits per heavy atom. The molecule has 1 aliphatic carbocycles. The highest BCUT2D eigenvalue weighted by Gasteiger charge is 2.32. The Hall–Kier alpha value is -1.67. The molecule has 3 aromatic rings. The van der Waals surface area contributed by atoms with E-state index in [9.17, 15) is 13.9 Å². The Kier molecular flexibility index (Phi) is 6.18. The molecular formula is C25H31F2N3OS. The number of rotatable bonds is 5. The number of hydrogen-bond donors (Lipinski definition) is 1. The molecule has 1 saturated carbocycles. The fourth-order valence-corrected chi connectivity index (χ4v) is 6.75. The molecule has 172 valence electrons. The van der Waals surface area contributed by atoms with Crippen molar-refractivity contribution >= 4 is 33.9 Å². The average molecular weight is 460 g/mol. The van der Waals surface area contributed by atoms with Crippen LogP contribution in [-0.2, 0) is 6.54 Å². The van der Waals surface area contributed by atoms with Crippen molar-refractivity contribution in [3.05, 3.63) is 48.0 Å². The molecule has 2 aromatic carbocycles. The second-order valence-electron chi connectivity index (χ2n) is 9.64. The second-order valence-corrected chi connectivity index (χ2v) is 10.8. The number of fused-ring (bicyclic) bond motifs is 3. The third-order valence-electron chi connectivity index (χ3n) is 6.79. The van der Waals surface area contributed by atoms with Crippen LogP contribution >= 0.6 is 12.1 Å². The smallest absolute Gasteiger partial charge is 0.123 e. The summed E-state index contributed by atoms with van der Waals surface area (Å²) in [7, 11) is 0. The molecule has 2 fully saturated rings. The Labute approximate surface area is 192 Å². The van der Waals surface area contributed by atoms with Crippen molar-refractivity contribution in [2.75, 3.05) is 19.6 Å². The van der Waals surface area contributed by atoms with Gasteiger partial charge in [-0.1, -0.05) is 19.3 Å². The number of nitrogens with zero attached hydrogens (tertiary/aromatic N) is 3. The lowest BCUT2D eigenvalue weighted by atomic mass is 9.95. The highest BCUT2D eigenvalue weighted by atomic mass is 32.2. The first-order chi connectivity index (χ1) is 15.4. The van der Waals surface area contributed by atoms with E-state index in [1.807, 2.05) is 11.5 Å². The fraction of sp³-hybridized carbons (Fsp3) is 0.520. The summed E-state index contributed by atoms with van der Waals surface area (Å²) in [6, 6.07) is 9.83. The van der Waals surface area contributed by atoms with Gasteiger partial charge >= 0.3 is 0 Å². The monoisotopic (exact) mass is 459 g/mol. The van der Waals surface area contributed by atoms with E-state index in [-0.39, 0.29) is 11.6 Å². The molecule has 0 bridgehead atoms. The Morgan fingerprint density at radius 2 is 1.53 bits per heavy atom. The number of aromatic nitrogens is 1. The molecule has 7 heteroatoms. The molecule has 2 heterocycles. The predicted octanol–water partition coefficient (Wildman–Crippen LogP) is 5.73. The Balaban J connectivity index is 1.38. The van der Waals surface area contributed by atoms with E-state index in [0.717, 1.165) is 30.5 Å². The van der Waals surface area contributed by atoms with Gasteiger partial charge in [0.05, 0.1) is 12.1 Å². The van der Waals surface area contributed by atoms with Crippen LogP contribution in [0.1, 0.15) is 45.4 Å². The zero-order valence-corrected chi connectivity index (χ0v) is 19.4. The average Bonchev–Trinajstić information content (AvgIpc) is 3.05. The lowest BCUT2D eigenvalue weighted by Gasteiger charge is -2.42. The molecule has 0 spiro atoms. The van der Waals surface area contributed by atoms with Crippen molar-refractivity contribution in [3.8, 4) is 0 Å². The summed E-state index contributed by atoms with van der Waals surface area (Å²) in [5.41, 5.74) is 0.620. The molecule has 0 radical (unpaired) electrons. The van der Waals surface area contributed by atoms with Gasteiger partial charge < -0.3 is 9.67 Å². The maximum absolute atomic E-state index is 13.9. The lowest BCUT2D eigenvalue weighted by molar-refractivity contribution is 0.0250. The number of benzene rings is 2. The number of aliphatic hydroxyl groups is 1. The minimum absolute atomic E-state index is 0.347. The van der Waals surface area contributed by atoms with E-state index >= 15 is 0 Å². The van der Waals surface area contributed by atoms with Gasteiger partial charge in [-0.05, 0) is 62.6 Å². The maximum atomic E-state index is 13.9. The highest BCUT2D eigenvalue weighted by molar-refractivity contribution is 7.94. The standard InChI is InChI=1S/C25H31F2N3OS/c1-25(31,16-28-12-5-13-30(32-28)20-6-3-2-4-7-20)17-29-23-10-8-18(26)14-21(23)22-15-19(27)9-11-24(22)29/h8-11,14-15,20,31H,2-7,12-13,16-17H2,1H3. The van der Waals surface area contributed by atoms with Gasteiger partial charge in [0.1, 0.15) is 11.6 Å². The summed E-state index contributed by atoms with van der Waals surface area (Å²) in [6.07, 6.45) is 7.62. The van der Waals surface area contributed by atoms with Crippen LogP contribution in [0.15, 0.2) is 36.4 Å². The van der Waals surface area contributed by atoms with E-state index in [0.29, 0.717) is 29.9 Å². The zero-order valence-electron chi connectivity index (χ0n) is 18.6. The van der Waals surface area contributed by atoms with E-state index in [1.165, 1.54) is 56.4 Å².